The highest BCUT2D eigenvalue weighted by Gasteiger charge is 2.22. The number of carboxylic acid groups (broad SMARTS) is 1. The molecule has 1 amide bonds. The number of amides is 1. The summed E-state index contributed by atoms with van der Waals surface area (Å²) in [6.45, 7) is 0. The van der Waals surface area contributed by atoms with Crippen LogP contribution in [0.3, 0.4) is 0 Å². The lowest BCUT2D eigenvalue weighted by Gasteiger charge is -2.17. The highest BCUT2D eigenvalue weighted by molar-refractivity contribution is 7.98. The number of aromatic nitrogens is 2. The van der Waals surface area contributed by atoms with Crippen molar-refractivity contribution in [3.05, 3.63) is 77.9 Å². The lowest BCUT2D eigenvalue weighted by molar-refractivity contribution is -0.139. The number of hydrogen-bond acceptors (Lipinski definition) is 5. The van der Waals surface area contributed by atoms with Crippen molar-refractivity contribution < 1.29 is 19.5 Å². The smallest absolute Gasteiger partial charge is 0.326 e. The number of rotatable bonds is 12. The Hall–Kier alpha value is -3.39. The van der Waals surface area contributed by atoms with E-state index in [0.717, 1.165) is 16.8 Å². The van der Waals surface area contributed by atoms with E-state index in [1.807, 2.05) is 66.5 Å². The van der Waals surface area contributed by atoms with Crippen LogP contribution in [0.5, 0.6) is 0 Å². The van der Waals surface area contributed by atoms with Gasteiger partial charge in [-0.05, 0) is 47.6 Å². The molecule has 3 aromatic rings. The molecule has 7 nitrogen and oxygen atoms in total. The van der Waals surface area contributed by atoms with Crippen molar-refractivity contribution in [2.75, 3.05) is 12.0 Å². The second-order valence-electron chi connectivity index (χ2n) is 8.14. The number of hydrogen-bond donors (Lipinski definition) is 2. The Balaban J connectivity index is 1.78. The quantitative estimate of drug-likeness (QED) is 0.410. The van der Waals surface area contributed by atoms with Gasteiger partial charge in [-0.2, -0.15) is 11.8 Å². The van der Waals surface area contributed by atoms with Gasteiger partial charge in [-0.15, -0.1) is 0 Å². The SMILES string of the molecule is CSCCC(NC(=O)c1ccc(CCC(=O)Cc2cn(C)cn2)cc1-c1ccccc1)C(=O)O. The van der Waals surface area contributed by atoms with E-state index in [1.54, 1.807) is 12.4 Å². The van der Waals surface area contributed by atoms with E-state index in [9.17, 15) is 19.5 Å². The molecule has 0 aliphatic heterocycles. The first-order valence-corrected chi connectivity index (χ1v) is 12.5. The molecule has 0 radical (unpaired) electrons. The largest absolute Gasteiger partial charge is 0.480 e. The fraction of sp³-hybridized carbons (Fsp3) is 0.308. The third-order valence-corrected chi connectivity index (χ3v) is 6.10. The van der Waals surface area contributed by atoms with Crippen LogP contribution < -0.4 is 5.32 Å². The first-order chi connectivity index (χ1) is 16.4. The third kappa shape index (κ3) is 7.05. The number of carbonyl (C=O) groups is 3. The van der Waals surface area contributed by atoms with E-state index < -0.39 is 17.9 Å². The minimum Gasteiger partial charge on any atom is -0.480 e. The van der Waals surface area contributed by atoms with Gasteiger partial charge in [0.1, 0.15) is 11.8 Å². The van der Waals surface area contributed by atoms with Gasteiger partial charge < -0.3 is 15.0 Å². The standard InChI is InChI=1S/C26H29N3O4S/c1-29-16-20(27-17-29)15-21(30)10-8-18-9-11-22(23(14-18)19-6-4-3-5-7-19)25(31)28-24(26(32)33)12-13-34-2/h3-7,9,11,14,16-17,24H,8,10,12-13,15H2,1-2H3,(H,28,31)(H,32,33). The number of Topliss-reactive ketones (excluding diaryl/α,β-unsaturated/α-hetero) is 1. The predicted molar refractivity (Wildman–Crippen MR) is 134 cm³/mol. The van der Waals surface area contributed by atoms with Gasteiger partial charge in [0.2, 0.25) is 0 Å². The van der Waals surface area contributed by atoms with E-state index in [0.29, 0.717) is 42.6 Å². The van der Waals surface area contributed by atoms with E-state index in [1.165, 1.54) is 11.8 Å². The van der Waals surface area contributed by atoms with Crippen LogP contribution in [0.4, 0.5) is 0 Å². The Morgan fingerprint density at radius 3 is 2.56 bits per heavy atom. The summed E-state index contributed by atoms with van der Waals surface area (Å²) in [5, 5.41) is 12.2. The average Bonchev–Trinajstić information content (AvgIpc) is 3.24. The van der Waals surface area contributed by atoms with Crippen molar-refractivity contribution in [2.45, 2.75) is 31.7 Å². The maximum Gasteiger partial charge on any atom is 0.326 e. The monoisotopic (exact) mass is 479 g/mol. The number of thioether (sulfide) groups is 1. The van der Waals surface area contributed by atoms with E-state index in [4.69, 9.17) is 0 Å². The molecule has 34 heavy (non-hydrogen) atoms. The average molecular weight is 480 g/mol. The molecular formula is C26H29N3O4S. The molecule has 0 bridgehead atoms. The summed E-state index contributed by atoms with van der Waals surface area (Å²) in [5.74, 6) is -0.745. The number of ketones is 1. The van der Waals surface area contributed by atoms with Crippen LogP contribution >= 0.6 is 11.8 Å². The summed E-state index contributed by atoms with van der Waals surface area (Å²) < 4.78 is 1.81. The van der Waals surface area contributed by atoms with E-state index >= 15 is 0 Å². The van der Waals surface area contributed by atoms with Crippen LogP contribution in [0.1, 0.15) is 34.5 Å². The van der Waals surface area contributed by atoms with Gasteiger partial charge in [-0.3, -0.25) is 9.59 Å². The maximum absolute atomic E-state index is 13.1. The van der Waals surface area contributed by atoms with Crippen LogP contribution in [0.25, 0.3) is 11.1 Å². The van der Waals surface area contributed by atoms with Gasteiger partial charge in [0.05, 0.1) is 18.4 Å². The molecule has 0 fully saturated rings. The Labute approximate surface area is 203 Å². The molecule has 0 saturated heterocycles. The number of aryl methyl sites for hydroxylation is 2. The predicted octanol–water partition coefficient (Wildman–Crippen LogP) is 3.77. The van der Waals surface area contributed by atoms with Crippen molar-refractivity contribution in [3.8, 4) is 11.1 Å². The topological polar surface area (TPSA) is 101 Å². The normalized spacial score (nSPS) is 11.7. The Morgan fingerprint density at radius 1 is 1.15 bits per heavy atom. The fourth-order valence-electron chi connectivity index (χ4n) is 3.66. The maximum atomic E-state index is 13.1. The van der Waals surface area contributed by atoms with Crippen LogP contribution in [0.2, 0.25) is 0 Å². The molecule has 178 valence electrons. The van der Waals surface area contributed by atoms with Gasteiger partial charge in [-0.25, -0.2) is 9.78 Å². The molecule has 1 atom stereocenters. The molecule has 3 rings (SSSR count). The molecule has 8 heteroatoms. The molecule has 2 N–H and O–H groups in total. The number of nitrogens with one attached hydrogen (secondary N) is 1. The summed E-state index contributed by atoms with van der Waals surface area (Å²) in [4.78, 5) is 41.3. The van der Waals surface area contributed by atoms with Crippen molar-refractivity contribution in [1.82, 2.24) is 14.9 Å². The van der Waals surface area contributed by atoms with Gasteiger partial charge in [0.15, 0.2) is 0 Å². The minimum atomic E-state index is -1.05. The number of carboxylic acids is 1. The number of benzene rings is 2. The van der Waals surface area contributed by atoms with Gasteiger partial charge in [0, 0.05) is 25.2 Å². The number of aliphatic carboxylic acids is 1. The number of imidazole rings is 1. The highest BCUT2D eigenvalue weighted by Crippen LogP contribution is 2.26. The lowest BCUT2D eigenvalue weighted by Crippen LogP contribution is -2.41. The minimum absolute atomic E-state index is 0.0971. The summed E-state index contributed by atoms with van der Waals surface area (Å²) in [5.41, 5.74) is 3.65. The summed E-state index contributed by atoms with van der Waals surface area (Å²) in [6.07, 6.45) is 6.95. The molecule has 0 saturated carbocycles. The van der Waals surface area contributed by atoms with Crippen LogP contribution in [-0.2, 0) is 29.5 Å². The summed E-state index contributed by atoms with van der Waals surface area (Å²) in [6, 6.07) is 14.0. The first kappa shape index (κ1) is 25.2. The highest BCUT2D eigenvalue weighted by atomic mass is 32.2. The van der Waals surface area contributed by atoms with Crippen LogP contribution in [0.15, 0.2) is 61.1 Å². The van der Waals surface area contributed by atoms with Crippen LogP contribution in [0, 0.1) is 0 Å². The number of carbonyl (C=O) groups excluding carboxylic acids is 2. The molecule has 2 aromatic carbocycles. The van der Waals surface area contributed by atoms with Crippen molar-refractivity contribution in [1.29, 1.82) is 0 Å². The van der Waals surface area contributed by atoms with E-state index in [2.05, 4.69) is 10.3 Å². The molecule has 0 aliphatic rings. The zero-order valence-corrected chi connectivity index (χ0v) is 20.2. The van der Waals surface area contributed by atoms with Crippen molar-refractivity contribution in [3.63, 3.8) is 0 Å². The van der Waals surface area contributed by atoms with Crippen molar-refractivity contribution >= 4 is 29.4 Å². The second-order valence-corrected chi connectivity index (χ2v) is 9.12. The zero-order chi connectivity index (χ0) is 24.5. The van der Waals surface area contributed by atoms with Crippen molar-refractivity contribution in [2.24, 2.45) is 7.05 Å². The number of nitrogens with zero attached hydrogens (tertiary/aromatic N) is 2. The summed E-state index contributed by atoms with van der Waals surface area (Å²) >= 11 is 1.53. The molecule has 1 aromatic heterocycles. The Bertz CT molecular complexity index is 1140. The third-order valence-electron chi connectivity index (χ3n) is 5.46. The second kappa shape index (κ2) is 12.2. The van der Waals surface area contributed by atoms with Gasteiger partial charge in [0.25, 0.3) is 5.91 Å². The molecule has 0 spiro atoms. The first-order valence-electron chi connectivity index (χ1n) is 11.1. The molecular weight excluding hydrogens is 450 g/mol. The molecule has 0 aliphatic carbocycles. The van der Waals surface area contributed by atoms with E-state index in [-0.39, 0.29) is 5.78 Å². The zero-order valence-electron chi connectivity index (χ0n) is 19.4. The Morgan fingerprint density at radius 2 is 1.91 bits per heavy atom. The Kier molecular flexibility index (Phi) is 9.04. The van der Waals surface area contributed by atoms with Gasteiger partial charge >= 0.3 is 5.97 Å². The fourth-order valence-corrected chi connectivity index (χ4v) is 4.13. The van der Waals surface area contributed by atoms with Gasteiger partial charge in [-0.1, -0.05) is 42.5 Å². The molecule has 1 unspecified atom stereocenters. The molecule has 1 heterocycles. The van der Waals surface area contributed by atoms with Crippen LogP contribution in [-0.4, -0.2) is 50.4 Å². The lowest BCUT2D eigenvalue weighted by atomic mass is 9.94. The summed E-state index contributed by atoms with van der Waals surface area (Å²) in [7, 11) is 1.87.